The molecule has 2 aromatic carbocycles. The number of amides is 1. The predicted octanol–water partition coefficient (Wildman–Crippen LogP) is 5.78. The van der Waals surface area contributed by atoms with E-state index in [1.54, 1.807) is 32.6 Å². The Morgan fingerprint density at radius 1 is 1.10 bits per heavy atom. The number of fused-ring (bicyclic) bond motifs is 1. The Morgan fingerprint density at radius 2 is 1.80 bits per heavy atom. The minimum absolute atomic E-state index is 0.0381. The van der Waals surface area contributed by atoms with Gasteiger partial charge in [0.15, 0.2) is 12.1 Å². The predicted molar refractivity (Wildman–Crippen MR) is 139 cm³/mol. The zero-order valence-corrected chi connectivity index (χ0v) is 22.8. The molecule has 0 radical (unpaired) electrons. The summed E-state index contributed by atoms with van der Waals surface area (Å²) in [4.78, 5) is 18.7. The van der Waals surface area contributed by atoms with Gasteiger partial charge in [0.1, 0.15) is 18.0 Å². The molecule has 0 fully saturated rings. The lowest BCUT2D eigenvalue weighted by atomic mass is 9.92. The first-order chi connectivity index (χ1) is 18.7. The van der Waals surface area contributed by atoms with Crippen molar-refractivity contribution in [2.75, 3.05) is 6.54 Å². The van der Waals surface area contributed by atoms with E-state index in [1.807, 2.05) is 12.1 Å². The summed E-state index contributed by atoms with van der Waals surface area (Å²) in [5, 5.41) is 18.8. The van der Waals surface area contributed by atoms with E-state index in [0.29, 0.717) is 42.2 Å². The molecule has 0 bridgehead atoms. The van der Waals surface area contributed by atoms with Crippen LogP contribution in [-0.4, -0.2) is 44.6 Å². The zero-order valence-electron chi connectivity index (χ0n) is 22.8. The number of carbonyl (C=O) groups excluding carboxylic acids is 1. The Labute approximate surface area is 230 Å². The molecular formula is C29H33F3N2O6. The molecule has 0 aliphatic carbocycles. The highest BCUT2D eigenvalue weighted by Crippen LogP contribution is 2.34. The number of benzene rings is 2. The summed E-state index contributed by atoms with van der Waals surface area (Å²) in [6.07, 6.45) is -5.26. The molecule has 40 heavy (non-hydrogen) atoms. The SMILES string of the molecule is Cc1nc(-c2ccc(C(F)(F)F)cc2)oc1COc1ccc(CCC(O)O)c2c1CCN(C(=O)OC(C)(C)C)C2. The first kappa shape index (κ1) is 29.4. The monoisotopic (exact) mass is 562 g/mol. The van der Waals surface area contributed by atoms with Crippen molar-refractivity contribution >= 4 is 6.09 Å². The molecule has 216 valence electrons. The zero-order chi connectivity index (χ0) is 29.2. The highest BCUT2D eigenvalue weighted by Gasteiger charge is 2.31. The minimum Gasteiger partial charge on any atom is -0.485 e. The number of ether oxygens (including phenoxy) is 2. The summed E-state index contributed by atoms with van der Waals surface area (Å²) in [7, 11) is 0. The molecular weight excluding hydrogens is 529 g/mol. The largest absolute Gasteiger partial charge is 0.485 e. The smallest absolute Gasteiger partial charge is 0.416 e. The number of aliphatic hydroxyl groups excluding tert-OH is 1. The number of aryl methyl sites for hydroxylation is 2. The molecule has 3 aromatic rings. The van der Waals surface area contributed by atoms with Gasteiger partial charge in [-0.05, 0) is 82.0 Å². The van der Waals surface area contributed by atoms with Crippen molar-refractivity contribution in [1.29, 1.82) is 0 Å². The fourth-order valence-corrected chi connectivity index (χ4v) is 4.47. The molecule has 1 aliphatic heterocycles. The lowest BCUT2D eigenvalue weighted by Gasteiger charge is -2.33. The van der Waals surface area contributed by atoms with Gasteiger partial charge >= 0.3 is 12.3 Å². The lowest BCUT2D eigenvalue weighted by Crippen LogP contribution is -2.40. The highest BCUT2D eigenvalue weighted by atomic mass is 19.4. The quantitative estimate of drug-likeness (QED) is 0.352. The van der Waals surface area contributed by atoms with E-state index >= 15 is 0 Å². The molecule has 0 saturated carbocycles. The molecule has 4 rings (SSSR count). The van der Waals surface area contributed by atoms with Crippen LogP contribution in [0.25, 0.3) is 11.5 Å². The van der Waals surface area contributed by atoms with Crippen LogP contribution in [0.2, 0.25) is 0 Å². The highest BCUT2D eigenvalue weighted by molar-refractivity contribution is 5.69. The molecule has 2 heterocycles. The summed E-state index contributed by atoms with van der Waals surface area (Å²) < 4.78 is 56.2. The maximum absolute atomic E-state index is 12.9. The maximum Gasteiger partial charge on any atom is 0.416 e. The van der Waals surface area contributed by atoms with Gasteiger partial charge < -0.3 is 29.0 Å². The number of halogens is 3. The molecule has 8 nitrogen and oxygen atoms in total. The summed E-state index contributed by atoms with van der Waals surface area (Å²) in [5.74, 6) is 1.22. The fraction of sp³-hybridized carbons (Fsp3) is 0.448. The number of aliphatic hydroxyl groups is 2. The number of nitrogens with zero attached hydrogens (tertiary/aromatic N) is 2. The van der Waals surface area contributed by atoms with Crippen molar-refractivity contribution < 1.29 is 42.1 Å². The third-order valence-corrected chi connectivity index (χ3v) is 6.50. The van der Waals surface area contributed by atoms with Gasteiger partial charge in [-0.2, -0.15) is 13.2 Å². The average molecular weight is 563 g/mol. The van der Waals surface area contributed by atoms with E-state index in [-0.39, 0.29) is 25.5 Å². The maximum atomic E-state index is 12.9. The summed E-state index contributed by atoms with van der Waals surface area (Å²) in [6.45, 7) is 7.89. The van der Waals surface area contributed by atoms with Gasteiger partial charge in [0.2, 0.25) is 5.89 Å². The lowest BCUT2D eigenvalue weighted by molar-refractivity contribution is -0.137. The van der Waals surface area contributed by atoms with E-state index < -0.39 is 29.7 Å². The van der Waals surface area contributed by atoms with Gasteiger partial charge in [-0.1, -0.05) is 6.07 Å². The molecule has 2 N–H and O–H groups in total. The average Bonchev–Trinajstić information content (AvgIpc) is 3.25. The number of carbonyl (C=O) groups is 1. The second-order valence-electron chi connectivity index (χ2n) is 10.7. The Hall–Kier alpha value is -3.57. The Kier molecular flexibility index (Phi) is 8.46. The van der Waals surface area contributed by atoms with Crippen LogP contribution in [0.15, 0.2) is 40.8 Å². The number of alkyl halides is 3. The second kappa shape index (κ2) is 11.5. The molecule has 1 aliphatic rings. The van der Waals surface area contributed by atoms with Gasteiger partial charge in [0, 0.05) is 30.6 Å². The van der Waals surface area contributed by atoms with Gasteiger partial charge in [-0.3, -0.25) is 0 Å². The van der Waals surface area contributed by atoms with E-state index in [4.69, 9.17) is 13.9 Å². The molecule has 1 amide bonds. The second-order valence-corrected chi connectivity index (χ2v) is 10.7. The van der Waals surface area contributed by atoms with Crippen LogP contribution in [0.1, 0.15) is 60.9 Å². The number of oxazole rings is 1. The van der Waals surface area contributed by atoms with Crippen LogP contribution in [0.3, 0.4) is 0 Å². The van der Waals surface area contributed by atoms with Gasteiger partial charge in [-0.25, -0.2) is 9.78 Å². The number of aromatic nitrogens is 1. The van der Waals surface area contributed by atoms with Crippen molar-refractivity contribution in [2.24, 2.45) is 0 Å². The third kappa shape index (κ3) is 7.14. The Balaban J connectivity index is 1.54. The summed E-state index contributed by atoms with van der Waals surface area (Å²) in [6, 6.07) is 8.24. The van der Waals surface area contributed by atoms with Gasteiger partial charge in [-0.15, -0.1) is 0 Å². The van der Waals surface area contributed by atoms with Crippen LogP contribution < -0.4 is 4.74 Å². The van der Waals surface area contributed by atoms with Gasteiger partial charge in [0.25, 0.3) is 0 Å². The van der Waals surface area contributed by atoms with E-state index in [9.17, 15) is 28.2 Å². The Bertz CT molecular complexity index is 1340. The van der Waals surface area contributed by atoms with Crippen LogP contribution in [0, 0.1) is 6.92 Å². The summed E-state index contributed by atoms with van der Waals surface area (Å²) >= 11 is 0. The van der Waals surface area contributed by atoms with Crippen molar-refractivity contribution in [3.63, 3.8) is 0 Å². The molecule has 0 saturated heterocycles. The first-order valence-corrected chi connectivity index (χ1v) is 13.0. The molecule has 0 unspecified atom stereocenters. The Morgan fingerprint density at radius 3 is 2.42 bits per heavy atom. The molecule has 0 atom stereocenters. The normalized spacial score (nSPS) is 13.9. The topological polar surface area (TPSA) is 105 Å². The van der Waals surface area contributed by atoms with Crippen molar-refractivity contribution in [1.82, 2.24) is 9.88 Å². The van der Waals surface area contributed by atoms with Crippen molar-refractivity contribution in [2.45, 2.75) is 78.2 Å². The molecule has 1 aromatic heterocycles. The van der Waals surface area contributed by atoms with Crippen molar-refractivity contribution in [3.05, 3.63) is 70.1 Å². The van der Waals surface area contributed by atoms with E-state index in [1.165, 1.54) is 12.1 Å². The third-order valence-electron chi connectivity index (χ3n) is 6.50. The van der Waals surface area contributed by atoms with Gasteiger partial charge in [0.05, 0.1) is 11.3 Å². The number of hydrogen-bond acceptors (Lipinski definition) is 7. The fourth-order valence-electron chi connectivity index (χ4n) is 4.47. The summed E-state index contributed by atoms with van der Waals surface area (Å²) in [5.41, 5.74) is 2.23. The molecule has 11 heteroatoms. The standard InChI is InChI=1S/C29H33F3N2O6/c1-17-24(39-26(33-17)19-5-9-20(10-6-19)29(30,31)32)16-38-23-11-7-18(8-12-25(35)36)22-15-34(14-13-21(22)23)27(37)40-28(2,3)4/h5-7,9-11,25,35-36H,8,12-16H2,1-4H3. The molecule has 0 spiro atoms. The van der Waals surface area contributed by atoms with Crippen LogP contribution in [-0.2, 0) is 36.9 Å². The van der Waals surface area contributed by atoms with Crippen LogP contribution in [0.5, 0.6) is 5.75 Å². The number of hydrogen-bond donors (Lipinski definition) is 2. The number of rotatable bonds is 7. The van der Waals surface area contributed by atoms with Crippen molar-refractivity contribution in [3.8, 4) is 17.2 Å². The van der Waals surface area contributed by atoms with E-state index in [2.05, 4.69) is 4.98 Å². The van der Waals surface area contributed by atoms with E-state index in [0.717, 1.165) is 28.8 Å². The van der Waals surface area contributed by atoms with Crippen LogP contribution >= 0.6 is 0 Å². The first-order valence-electron chi connectivity index (χ1n) is 13.0. The minimum atomic E-state index is -4.43. The van der Waals surface area contributed by atoms with Crippen LogP contribution in [0.4, 0.5) is 18.0 Å².